The number of ketones is 2. The van der Waals surface area contributed by atoms with Gasteiger partial charge in [-0.1, -0.05) is 53.9 Å². The van der Waals surface area contributed by atoms with Crippen molar-refractivity contribution in [1.29, 1.82) is 0 Å². The van der Waals surface area contributed by atoms with Gasteiger partial charge in [-0.3, -0.25) is 19.3 Å². The lowest BCUT2D eigenvalue weighted by Crippen LogP contribution is -2.68. The molecule has 2 fully saturated rings. The van der Waals surface area contributed by atoms with Crippen molar-refractivity contribution in [2.75, 3.05) is 46.3 Å². The van der Waals surface area contributed by atoms with Gasteiger partial charge in [0.1, 0.15) is 17.1 Å². The van der Waals surface area contributed by atoms with E-state index in [9.17, 15) is 9.90 Å². The molecule has 56 heavy (non-hydrogen) atoms. The monoisotopic (exact) mass is 794 g/mol. The first-order chi connectivity index (χ1) is 26.5. The summed E-state index contributed by atoms with van der Waals surface area (Å²) in [6.07, 6.45) is 6.49. The van der Waals surface area contributed by atoms with E-state index in [1.807, 2.05) is 39.0 Å². The van der Waals surface area contributed by atoms with Crippen LogP contribution >= 0.6 is 0 Å². The Labute approximate surface area is 332 Å². The van der Waals surface area contributed by atoms with Crippen molar-refractivity contribution in [3.05, 3.63) is 34.1 Å². The minimum Gasteiger partial charge on any atom is -0.507 e. The third kappa shape index (κ3) is 7.19. The molecule has 13 nitrogen and oxygen atoms in total. The fourth-order valence-electron chi connectivity index (χ4n) is 8.60. The number of carbonyl (C=O) groups excluding carboxylic acids is 3. The largest absolute Gasteiger partial charge is 0.507 e. The zero-order valence-corrected chi connectivity index (χ0v) is 36.0. The van der Waals surface area contributed by atoms with Gasteiger partial charge in [-0.15, -0.1) is 0 Å². The van der Waals surface area contributed by atoms with Crippen LogP contribution in [0.1, 0.15) is 119 Å². The summed E-state index contributed by atoms with van der Waals surface area (Å²) in [6.45, 7) is 15.8. The van der Waals surface area contributed by atoms with Crippen LogP contribution in [0.4, 0.5) is 5.69 Å². The molecule has 6 rings (SSSR count). The van der Waals surface area contributed by atoms with Crippen molar-refractivity contribution in [1.82, 2.24) is 15.4 Å². The summed E-state index contributed by atoms with van der Waals surface area (Å²) < 4.78 is 31.7. The molecule has 2 heterocycles. The number of piperidine rings is 1. The molecule has 14 heteroatoms. The quantitative estimate of drug-likeness (QED) is 0.0988. The number of hydrogen-bond acceptors (Lipinski definition) is 12. The smallest absolute Gasteiger partial charge is 0.265 e. The highest BCUT2D eigenvalue weighted by molar-refractivity contribution is 6.74. The minimum atomic E-state index is -2.90. The third-order valence-corrected chi connectivity index (χ3v) is 17.0. The zero-order chi connectivity index (χ0) is 40.7. The zero-order valence-electron chi connectivity index (χ0n) is 35.0. The highest BCUT2D eigenvalue weighted by atomic mass is 28.4. The average Bonchev–Trinajstić information content (AvgIpc) is 3.56. The van der Waals surface area contributed by atoms with Gasteiger partial charge in [-0.25, -0.2) is 0 Å². The van der Waals surface area contributed by atoms with Crippen LogP contribution in [0.15, 0.2) is 16.2 Å². The number of anilines is 1. The van der Waals surface area contributed by atoms with Gasteiger partial charge < -0.3 is 38.9 Å². The predicted molar refractivity (Wildman–Crippen MR) is 216 cm³/mol. The average molecular weight is 795 g/mol. The summed E-state index contributed by atoms with van der Waals surface area (Å²) in [5, 5.41) is 22.9. The Morgan fingerprint density at radius 1 is 1.09 bits per heavy atom. The van der Waals surface area contributed by atoms with Crippen LogP contribution in [0.5, 0.6) is 17.4 Å². The molecule has 1 saturated heterocycles. The van der Waals surface area contributed by atoms with E-state index in [4.69, 9.17) is 23.2 Å². The Morgan fingerprint density at radius 3 is 2.39 bits per heavy atom. The summed E-state index contributed by atoms with van der Waals surface area (Å²) in [5.74, 6) is -1.70. The highest BCUT2D eigenvalue weighted by Gasteiger charge is 2.69. The Balaban J connectivity index is 1.57. The van der Waals surface area contributed by atoms with E-state index >= 15 is 9.59 Å². The molecule has 1 aromatic heterocycles. The maximum absolute atomic E-state index is 15.8. The molecule has 2 aromatic rings. The first-order valence-electron chi connectivity index (χ1n) is 20.5. The number of nitrogens with zero attached hydrogens (tertiary/aromatic N) is 2. The molecular weight excluding hydrogens is 733 g/mol. The van der Waals surface area contributed by atoms with Gasteiger partial charge in [0.2, 0.25) is 17.5 Å². The number of aliphatic hydroxyl groups is 1. The molecule has 0 spiro atoms. The second-order valence-electron chi connectivity index (χ2n) is 17.6. The summed E-state index contributed by atoms with van der Waals surface area (Å²) in [4.78, 5) is 46.8. The predicted octanol–water partition coefficient (Wildman–Crippen LogP) is 7.41. The number of aromatic nitrogens is 1. The Kier molecular flexibility index (Phi) is 12.2. The number of carbonyl (C=O) groups is 3. The fourth-order valence-corrected chi connectivity index (χ4v) is 10.0. The number of benzene rings is 1. The molecule has 1 unspecified atom stereocenters. The van der Waals surface area contributed by atoms with E-state index in [2.05, 4.69) is 43.5 Å². The van der Waals surface area contributed by atoms with Crippen LogP contribution in [0.25, 0.3) is 5.76 Å². The first kappa shape index (κ1) is 41.9. The lowest BCUT2D eigenvalue weighted by molar-refractivity contribution is -0.140. The van der Waals surface area contributed by atoms with E-state index in [0.717, 1.165) is 45.1 Å². The van der Waals surface area contributed by atoms with Gasteiger partial charge in [-0.05, 0) is 88.4 Å². The number of methoxy groups -OCH3 is 1. The maximum atomic E-state index is 15.8. The van der Waals surface area contributed by atoms with Crippen LogP contribution in [0, 0.1) is 11.8 Å². The van der Waals surface area contributed by atoms with Crippen LogP contribution in [-0.4, -0.2) is 93.6 Å². The SMILES string of the molecule is CCCCOc1noc2c1C(=O)[C@@]1(O[Si](C)(C)C(C)(C)C)C(=O)C3=C(O)c4c(c(OC)cc(NC(=O)C5CCCCN5)c4OCCCC)C[C@H]3C[C@H]1[C@@H]2N(C)C. The minimum absolute atomic E-state index is 0.0493. The van der Waals surface area contributed by atoms with Gasteiger partial charge in [-0.2, -0.15) is 0 Å². The van der Waals surface area contributed by atoms with Crippen LogP contribution in [0.2, 0.25) is 18.1 Å². The molecule has 3 aliphatic carbocycles. The number of amides is 1. The molecule has 308 valence electrons. The van der Waals surface area contributed by atoms with E-state index in [1.165, 1.54) is 0 Å². The second-order valence-corrected chi connectivity index (χ2v) is 22.3. The third-order valence-electron chi connectivity index (χ3n) is 12.6. The number of hydrogen-bond donors (Lipinski definition) is 3. The maximum Gasteiger partial charge on any atom is 0.265 e. The molecule has 1 aliphatic heterocycles. The van der Waals surface area contributed by atoms with Gasteiger partial charge in [0.15, 0.2) is 25.4 Å². The van der Waals surface area contributed by atoms with E-state index in [-0.39, 0.29) is 51.1 Å². The number of fused-ring (bicyclic) bond motifs is 4. The van der Waals surface area contributed by atoms with E-state index < -0.39 is 43.4 Å². The van der Waals surface area contributed by atoms with Crippen molar-refractivity contribution < 1.29 is 42.6 Å². The first-order valence-corrected chi connectivity index (χ1v) is 23.4. The topological polar surface area (TPSA) is 162 Å². The number of aliphatic hydroxyl groups excluding tert-OH is 1. The molecule has 4 aliphatic rings. The second kappa shape index (κ2) is 16.3. The molecule has 0 bridgehead atoms. The van der Waals surface area contributed by atoms with E-state index in [1.54, 1.807) is 13.2 Å². The summed E-state index contributed by atoms with van der Waals surface area (Å²) in [6, 6.07) is 0.802. The highest BCUT2D eigenvalue weighted by Crippen LogP contribution is 2.60. The Bertz CT molecular complexity index is 1860. The number of ether oxygens (including phenoxy) is 3. The summed E-state index contributed by atoms with van der Waals surface area (Å²) in [5.41, 5.74) is -0.481. The van der Waals surface area contributed by atoms with Gasteiger partial charge in [0, 0.05) is 23.1 Å². The number of nitrogens with one attached hydrogen (secondary N) is 2. The van der Waals surface area contributed by atoms with Crippen molar-refractivity contribution in [3.63, 3.8) is 0 Å². The number of unbranched alkanes of at least 4 members (excludes halogenated alkanes) is 2. The number of Topliss-reactive ketones (excluding diaryl/α,β-unsaturated/α-hetero) is 2. The van der Waals surface area contributed by atoms with Crippen molar-refractivity contribution in [2.24, 2.45) is 11.8 Å². The molecule has 1 aromatic carbocycles. The Morgan fingerprint density at radius 2 is 1.79 bits per heavy atom. The molecule has 1 saturated carbocycles. The lowest BCUT2D eigenvalue weighted by atomic mass is 9.57. The lowest BCUT2D eigenvalue weighted by Gasteiger charge is -2.55. The van der Waals surface area contributed by atoms with Crippen molar-refractivity contribution in [2.45, 2.75) is 128 Å². The summed E-state index contributed by atoms with van der Waals surface area (Å²) in [7, 11) is 2.44. The molecule has 5 atom stereocenters. The standard InChI is InChI=1S/C42H62N4O9Si/c1-11-13-19-52-35-28(44-39(50)27-17-15-16-18-43-27)23-29(51-8)25-21-24-22-26-33(46(6)7)36-32(40(45-54-36)53-20-14-12-2)38(49)42(26,55-56(9,10)41(3,4)5)37(48)30(24)34(47)31(25)35/h23-24,26-27,33,43,47H,11-22H2,1-10H3,(H,44,50)/t24-,26-,27?,33-,42-/m0/s1. The fraction of sp³-hybridized carbons (Fsp3) is 0.667. The normalized spacial score (nSPS) is 25.0. The van der Waals surface area contributed by atoms with Gasteiger partial charge in [0.05, 0.1) is 43.7 Å². The van der Waals surface area contributed by atoms with E-state index in [0.29, 0.717) is 55.2 Å². The Hall–Kier alpha value is -3.72. The summed E-state index contributed by atoms with van der Waals surface area (Å²) >= 11 is 0. The molecule has 1 amide bonds. The van der Waals surface area contributed by atoms with Crippen LogP contribution < -0.4 is 24.8 Å². The van der Waals surface area contributed by atoms with Gasteiger partial charge >= 0.3 is 0 Å². The van der Waals surface area contributed by atoms with Crippen molar-refractivity contribution >= 4 is 37.2 Å². The number of rotatable bonds is 14. The molecular formula is C42H62N4O9Si. The van der Waals surface area contributed by atoms with Gasteiger partial charge in [0.25, 0.3) is 5.88 Å². The van der Waals surface area contributed by atoms with Crippen LogP contribution in [-0.2, 0) is 20.4 Å². The van der Waals surface area contributed by atoms with Crippen LogP contribution in [0.3, 0.4) is 0 Å². The molecule has 0 radical (unpaired) electrons. The van der Waals surface area contributed by atoms with Crippen molar-refractivity contribution in [3.8, 4) is 17.4 Å². The molecule has 3 N–H and O–H groups in total.